The van der Waals surface area contributed by atoms with Crippen molar-refractivity contribution in [1.82, 2.24) is 33.4 Å². The molecule has 0 saturated carbocycles. The first-order chi connectivity index (χ1) is 17.0. The summed E-state index contributed by atoms with van der Waals surface area (Å²) in [7, 11) is 0. The van der Waals surface area contributed by atoms with E-state index in [0.29, 0.717) is 51.7 Å². The van der Waals surface area contributed by atoms with E-state index in [4.69, 9.17) is 15.2 Å². The molecule has 4 aliphatic rings. The van der Waals surface area contributed by atoms with Crippen molar-refractivity contribution in [3.63, 3.8) is 0 Å². The number of imidazole rings is 1. The molecule has 0 radical (unpaired) electrons. The van der Waals surface area contributed by atoms with Crippen LogP contribution < -0.4 is 26.6 Å². The van der Waals surface area contributed by atoms with Gasteiger partial charge in [-0.25, -0.2) is 38.5 Å². The van der Waals surface area contributed by atoms with Gasteiger partial charge in [-0.05, 0) is 17.8 Å². The van der Waals surface area contributed by atoms with Crippen LogP contribution in [0.4, 0.5) is 5.82 Å². The minimum atomic E-state index is -0.365. The van der Waals surface area contributed by atoms with Crippen LogP contribution in [0.3, 0.4) is 0 Å². The SMILES string of the molecule is N#Cc1cc2c(cc1Sc1nc3c(N)ncn(CCn4c(=O)n5n(c4=O)CC=CC5)c-3n1)OCO2. The van der Waals surface area contributed by atoms with Crippen LogP contribution in [0, 0.1) is 11.3 Å². The molecule has 6 rings (SSSR count). The molecule has 0 saturated heterocycles. The molecule has 35 heavy (non-hydrogen) atoms. The molecule has 1 aromatic heterocycles. The lowest BCUT2D eigenvalue weighted by Gasteiger charge is -2.10. The van der Waals surface area contributed by atoms with Gasteiger partial charge in [0, 0.05) is 17.5 Å². The number of hydrogen-bond donors (Lipinski definition) is 1. The lowest BCUT2D eigenvalue weighted by Crippen LogP contribution is -2.31. The molecule has 1 aromatic carbocycles. The van der Waals surface area contributed by atoms with E-state index in [2.05, 4.69) is 21.0 Å². The molecule has 4 aliphatic heterocycles. The zero-order valence-corrected chi connectivity index (χ0v) is 18.9. The average molecular weight is 491 g/mol. The Morgan fingerprint density at radius 1 is 1.06 bits per heavy atom. The number of rotatable bonds is 5. The van der Waals surface area contributed by atoms with Gasteiger partial charge in [-0.15, -0.1) is 0 Å². The summed E-state index contributed by atoms with van der Waals surface area (Å²) in [4.78, 5) is 39.2. The van der Waals surface area contributed by atoms with E-state index >= 15 is 0 Å². The highest BCUT2D eigenvalue weighted by Crippen LogP contribution is 2.40. The summed E-state index contributed by atoms with van der Waals surface area (Å²) in [6.07, 6.45) is 5.20. The molecule has 2 aromatic rings. The molecule has 0 atom stereocenters. The summed E-state index contributed by atoms with van der Waals surface area (Å²) in [5, 5.41) is 9.91. The van der Waals surface area contributed by atoms with E-state index in [0.717, 1.165) is 0 Å². The largest absolute Gasteiger partial charge is 0.454 e. The van der Waals surface area contributed by atoms with Crippen LogP contribution in [0.1, 0.15) is 5.56 Å². The topological polar surface area (TPSA) is 161 Å². The smallest absolute Gasteiger partial charge is 0.347 e. The Morgan fingerprint density at radius 2 is 1.77 bits per heavy atom. The summed E-state index contributed by atoms with van der Waals surface area (Å²) in [6, 6.07) is 5.48. The van der Waals surface area contributed by atoms with E-state index in [1.807, 2.05) is 12.2 Å². The van der Waals surface area contributed by atoms with Crippen molar-refractivity contribution >= 4 is 17.6 Å². The van der Waals surface area contributed by atoms with Crippen molar-refractivity contribution in [3.05, 3.63) is 57.1 Å². The number of allylic oxidation sites excluding steroid dienone is 2. The van der Waals surface area contributed by atoms with Gasteiger partial charge < -0.3 is 19.8 Å². The van der Waals surface area contributed by atoms with E-state index in [1.54, 1.807) is 16.7 Å². The minimum Gasteiger partial charge on any atom is -0.454 e. The molecule has 0 aliphatic carbocycles. The number of nitrogen functional groups attached to an aromatic ring is 1. The number of nitrogens with zero attached hydrogens (tertiary/aromatic N) is 8. The van der Waals surface area contributed by atoms with Gasteiger partial charge in [0.15, 0.2) is 34.0 Å². The molecule has 13 nitrogen and oxygen atoms in total. The molecule has 0 bridgehead atoms. The average Bonchev–Trinajstić information content (AvgIpc) is 3.56. The van der Waals surface area contributed by atoms with Crippen LogP contribution >= 0.6 is 11.8 Å². The summed E-state index contributed by atoms with van der Waals surface area (Å²) < 4.78 is 16.5. The Bertz CT molecular complexity index is 1600. The second kappa shape index (κ2) is 8.06. The quantitative estimate of drug-likeness (QED) is 0.389. The first-order valence-corrected chi connectivity index (χ1v) is 11.4. The lowest BCUT2D eigenvalue weighted by atomic mass is 10.2. The number of nitriles is 1. The Morgan fingerprint density at radius 3 is 2.49 bits per heavy atom. The van der Waals surface area contributed by atoms with Crippen molar-refractivity contribution in [3.8, 4) is 29.1 Å². The fourth-order valence-corrected chi connectivity index (χ4v) is 4.85. The normalized spacial score (nSPS) is 13.8. The van der Waals surface area contributed by atoms with Crippen LogP contribution in [0.25, 0.3) is 11.5 Å². The van der Waals surface area contributed by atoms with Gasteiger partial charge in [0.2, 0.25) is 6.79 Å². The highest BCUT2D eigenvalue weighted by atomic mass is 32.2. The fraction of sp³-hybridized carbons (Fsp3) is 0.238. The number of hydrogen-bond acceptors (Lipinski definition) is 10. The number of benzene rings is 1. The number of anilines is 1. The van der Waals surface area contributed by atoms with Gasteiger partial charge in [-0.3, -0.25) is 0 Å². The third-order valence-corrected chi connectivity index (χ3v) is 6.67. The second-order valence-electron chi connectivity index (χ2n) is 7.77. The van der Waals surface area contributed by atoms with E-state index in [1.165, 1.54) is 32.0 Å². The Hall–Kier alpha value is -4.51. The summed E-state index contributed by atoms with van der Waals surface area (Å²) in [6.45, 7) is 1.21. The van der Waals surface area contributed by atoms with Gasteiger partial charge in [-0.2, -0.15) is 5.26 Å². The Kier molecular flexibility index (Phi) is 4.85. The van der Waals surface area contributed by atoms with E-state index in [-0.39, 0.29) is 37.1 Å². The summed E-state index contributed by atoms with van der Waals surface area (Å²) >= 11 is 1.19. The maximum atomic E-state index is 12.7. The molecule has 2 N–H and O–H groups in total. The Labute approximate surface area is 201 Å². The number of ether oxygens (including phenoxy) is 2. The van der Waals surface area contributed by atoms with Gasteiger partial charge >= 0.3 is 11.4 Å². The molecule has 0 amide bonds. The van der Waals surface area contributed by atoms with Crippen molar-refractivity contribution in [2.24, 2.45) is 0 Å². The van der Waals surface area contributed by atoms with Crippen LogP contribution in [0.15, 0.2) is 50.3 Å². The fourth-order valence-electron chi connectivity index (χ4n) is 4.00. The maximum Gasteiger partial charge on any atom is 0.347 e. The number of fused-ring (bicyclic) bond motifs is 3. The zero-order chi connectivity index (χ0) is 24.1. The number of nitrogens with two attached hydrogens (primary N) is 1. The third-order valence-electron chi connectivity index (χ3n) is 5.75. The molecule has 176 valence electrons. The van der Waals surface area contributed by atoms with Gasteiger partial charge in [0.05, 0.1) is 31.5 Å². The first-order valence-electron chi connectivity index (χ1n) is 10.6. The second-order valence-corrected chi connectivity index (χ2v) is 8.78. The number of aryl methyl sites for hydroxylation is 1. The van der Waals surface area contributed by atoms with E-state index in [9.17, 15) is 14.9 Å². The zero-order valence-electron chi connectivity index (χ0n) is 18.1. The molecule has 5 heterocycles. The predicted octanol–water partition coefficient (Wildman–Crippen LogP) is 0.507. The molecule has 14 heteroatoms. The first kappa shape index (κ1) is 21.1. The van der Waals surface area contributed by atoms with Crippen LogP contribution in [0.5, 0.6) is 11.5 Å². The van der Waals surface area contributed by atoms with Crippen LogP contribution in [-0.2, 0) is 26.2 Å². The van der Waals surface area contributed by atoms with E-state index < -0.39 is 0 Å². The molecular formula is C21H17N9O4S. The predicted molar refractivity (Wildman–Crippen MR) is 122 cm³/mol. The number of aromatic nitrogens is 7. The lowest BCUT2D eigenvalue weighted by molar-refractivity contribution is 0.174. The third kappa shape index (κ3) is 3.44. The van der Waals surface area contributed by atoms with Crippen molar-refractivity contribution in [2.45, 2.75) is 36.2 Å². The molecule has 0 unspecified atom stereocenters. The molecular weight excluding hydrogens is 474 g/mol. The van der Waals surface area contributed by atoms with Crippen LogP contribution in [-0.4, -0.2) is 40.2 Å². The molecule has 0 fully saturated rings. The summed E-state index contributed by atoms with van der Waals surface area (Å²) in [5.74, 6) is 1.71. The highest BCUT2D eigenvalue weighted by Gasteiger charge is 2.23. The Balaban J connectivity index is 1.31. The van der Waals surface area contributed by atoms with Gasteiger partial charge in [0.1, 0.15) is 6.07 Å². The van der Waals surface area contributed by atoms with Gasteiger partial charge in [-0.1, -0.05) is 12.2 Å². The van der Waals surface area contributed by atoms with Crippen LogP contribution in [0.2, 0.25) is 0 Å². The molecule has 0 spiro atoms. The van der Waals surface area contributed by atoms with Crippen molar-refractivity contribution < 1.29 is 9.47 Å². The van der Waals surface area contributed by atoms with Crippen molar-refractivity contribution in [2.75, 3.05) is 12.5 Å². The monoisotopic (exact) mass is 491 g/mol. The maximum absolute atomic E-state index is 12.7. The van der Waals surface area contributed by atoms with Crippen molar-refractivity contribution in [1.29, 1.82) is 5.26 Å². The summed E-state index contributed by atoms with van der Waals surface area (Å²) in [5.41, 5.74) is 6.10. The van der Waals surface area contributed by atoms with Gasteiger partial charge in [0.25, 0.3) is 0 Å². The highest BCUT2D eigenvalue weighted by molar-refractivity contribution is 7.99. The minimum absolute atomic E-state index is 0.0986. The standard InChI is InChI=1S/C21H17N9O4S/c22-9-12-7-13-14(34-11-33-13)8-15(12)35-19-25-16-17(23)24-10-27(18(16)26-19)5-6-28-20(31)29-3-1-2-4-30(29)21(28)32/h1-2,7-8,10H,3-6,11,23H2.